The van der Waals surface area contributed by atoms with Gasteiger partial charge in [-0.1, -0.05) is 52.1 Å². The zero-order chi connectivity index (χ0) is 18.0. The number of halogens is 4. The average Bonchev–Trinajstić information content (AvgIpc) is 3.07. The monoisotopic (exact) mass is 417 g/mol. The maximum atomic E-state index is 11.6. The molecule has 0 saturated heterocycles. The smallest absolute Gasteiger partial charge is 0.257 e. The summed E-state index contributed by atoms with van der Waals surface area (Å²) < 4.78 is 6.87. The highest BCUT2D eigenvalue weighted by molar-refractivity contribution is 6.54. The van der Waals surface area contributed by atoms with E-state index in [0.29, 0.717) is 28.7 Å². The minimum atomic E-state index is -1.15. The highest BCUT2D eigenvalue weighted by Crippen LogP contribution is 2.31. The predicted octanol–water partition coefficient (Wildman–Crippen LogP) is 5.02. The maximum absolute atomic E-state index is 11.6. The van der Waals surface area contributed by atoms with Crippen LogP contribution >= 0.6 is 46.6 Å². The Labute approximate surface area is 163 Å². The standard InChI is InChI=1S/C16H11Cl4N3O2/c17-12-4-5-23(20)8-11(12)13-7-14(25-22-13)9-2-1-3-10(6-9)21-16(24)15(18)19/h1-7,15H,8H2,(H,21,24). The largest absolute Gasteiger partial charge is 0.356 e. The van der Waals surface area contributed by atoms with Gasteiger partial charge in [-0.15, -0.1) is 0 Å². The van der Waals surface area contributed by atoms with E-state index in [2.05, 4.69) is 10.5 Å². The third-order valence-corrected chi connectivity index (χ3v) is 4.39. The van der Waals surface area contributed by atoms with Crippen LogP contribution in [0.3, 0.4) is 0 Å². The van der Waals surface area contributed by atoms with Crippen LogP contribution in [0.2, 0.25) is 0 Å². The lowest BCUT2D eigenvalue weighted by atomic mass is 10.1. The van der Waals surface area contributed by atoms with Crippen molar-refractivity contribution in [1.82, 2.24) is 9.58 Å². The summed E-state index contributed by atoms with van der Waals surface area (Å²) in [6.07, 6.45) is 3.36. The molecular formula is C16H11Cl4N3O2. The fourth-order valence-electron chi connectivity index (χ4n) is 2.23. The Kier molecular flexibility index (Phi) is 5.59. The summed E-state index contributed by atoms with van der Waals surface area (Å²) in [7, 11) is 0. The summed E-state index contributed by atoms with van der Waals surface area (Å²) in [4.78, 5) is 10.4. The lowest BCUT2D eigenvalue weighted by molar-refractivity contribution is -0.114. The van der Waals surface area contributed by atoms with Gasteiger partial charge in [-0.05, 0) is 18.2 Å². The van der Waals surface area contributed by atoms with Gasteiger partial charge in [0, 0.05) is 45.9 Å². The first kappa shape index (κ1) is 18.1. The number of nitrogens with zero attached hydrogens (tertiary/aromatic N) is 2. The van der Waals surface area contributed by atoms with Gasteiger partial charge in [-0.25, -0.2) is 0 Å². The first-order valence-corrected chi connectivity index (χ1v) is 8.69. The minimum Gasteiger partial charge on any atom is -0.356 e. The summed E-state index contributed by atoms with van der Waals surface area (Å²) in [5, 5.41) is 7.21. The molecule has 25 heavy (non-hydrogen) atoms. The number of amides is 1. The summed E-state index contributed by atoms with van der Waals surface area (Å²) in [6.45, 7) is 0.409. The van der Waals surface area contributed by atoms with Crippen LogP contribution in [0.25, 0.3) is 16.9 Å². The molecule has 0 fully saturated rings. The Balaban J connectivity index is 1.86. The van der Waals surface area contributed by atoms with E-state index >= 15 is 0 Å². The molecule has 5 nitrogen and oxygen atoms in total. The van der Waals surface area contributed by atoms with Crippen molar-refractivity contribution in [3.05, 3.63) is 53.3 Å². The van der Waals surface area contributed by atoms with E-state index < -0.39 is 10.7 Å². The number of carbonyl (C=O) groups excluding carboxylic acids is 1. The number of allylic oxidation sites excluding steroid dienone is 2. The van der Waals surface area contributed by atoms with Gasteiger partial charge in [-0.3, -0.25) is 9.21 Å². The lowest BCUT2D eigenvalue weighted by Crippen LogP contribution is -2.18. The number of hydrogen-bond acceptors (Lipinski definition) is 4. The average molecular weight is 419 g/mol. The molecule has 1 aliphatic rings. The van der Waals surface area contributed by atoms with Gasteiger partial charge in [0.15, 0.2) is 10.6 Å². The van der Waals surface area contributed by atoms with Crippen LogP contribution in [0.15, 0.2) is 52.2 Å². The molecule has 0 atom stereocenters. The Hall–Kier alpha value is -1.66. The maximum Gasteiger partial charge on any atom is 0.257 e. The third kappa shape index (κ3) is 4.30. The first-order valence-electron chi connectivity index (χ1n) is 7.10. The molecule has 0 radical (unpaired) electrons. The topological polar surface area (TPSA) is 58.4 Å². The van der Waals surface area contributed by atoms with Crippen molar-refractivity contribution in [2.24, 2.45) is 0 Å². The van der Waals surface area contributed by atoms with E-state index in [1.165, 1.54) is 4.42 Å². The summed E-state index contributed by atoms with van der Waals surface area (Å²) in [5.74, 6) is 0.0129. The van der Waals surface area contributed by atoms with E-state index in [1.807, 2.05) is 6.07 Å². The highest BCUT2D eigenvalue weighted by Gasteiger charge is 2.18. The molecule has 0 spiro atoms. The number of anilines is 1. The molecule has 0 saturated carbocycles. The molecule has 1 N–H and O–H groups in total. The molecule has 3 rings (SSSR count). The molecule has 1 aromatic heterocycles. The fraction of sp³-hybridized carbons (Fsp3) is 0.125. The molecule has 130 valence electrons. The molecule has 2 aromatic rings. The van der Waals surface area contributed by atoms with Crippen LogP contribution in [0.5, 0.6) is 0 Å². The van der Waals surface area contributed by atoms with Gasteiger partial charge in [0.05, 0.1) is 6.54 Å². The van der Waals surface area contributed by atoms with E-state index in [4.69, 9.17) is 51.1 Å². The molecule has 1 aromatic carbocycles. The predicted molar refractivity (Wildman–Crippen MR) is 101 cm³/mol. The number of rotatable bonds is 4. The van der Waals surface area contributed by atoms with E-state index in [-0.39, 0.29) is 0 Å². The second-order valence-electron chi connectivity index (χ2n) is 5.15. The minimum absolute atomic E-state index is 0.409. The van der Waals surface area contributed by atoms with Gasteiger partial charge in [-0.2, -0.15) is 0 Å². The normalized spacial score (nSPS) is 14.4. The van der Waals surface area contributed by atoms with Crippen molar-refractivity contribution >= 4 is 63.7 Å². The second-order valence-corrected chi connectivity index (χ2v) is 7.08. The zero-order valence-electron chi connectivity index (χ0n) is 12.5. The van der Waals surface area contributed by atoms with E-state index in [1.54, 1.807) is 36.5 Å². The Bertz CT molecular complexity index is 861. The van der Waals surface area contributed by atoms with Crippen molar-refractivity contribution in [2.45, 2.75) is 4.84 Å². The molecule has 0 bridgehead atoms. The molecular weight excluding hydrogens is 408 g/mol. The Morgan fingerprint density at radius 1 is 1.32 bits per heavy atom. The quantitative estimate of drug-likeness (QED) is 0.559. The van der Waals surface area contributed by atoms with Crippen LogP contribution in [0.1, 0.15) is 5.69 Å². The van der Waals surface area contributed by atoms with Gasteiger partial charge in [0.25, 0.3) is 5.91 Å². The number of nitrogens with one attached hydrogen (secondary N) is 1. The van der Waals surface area contributed by atoms with Crippen LogP contribution in [0, 0.1) is 0 Å². The number of hydrogen-bond donors (Lipinski definition) is 1. The zero-order valence-corrected chi connectivity index (χ0v) is 15.6. The molecule has 0 unspecified atom stereocenters. The van der Waals surface area contributed by atoms with Crippen molar-refractivity contribution < 1.29 is 9.32 Å². The second kappa shape index (κ2) is 7.70. The van der Waals surface area contributed by atoms with Gasteiger partial charge >= 0.3 is 0 Å². The van der Waals surface area contributed by atoms with Crippen molar-refractivity contribution in [3.63, 3.8) is 0 Å². The number of alkyl halides is 2. The lowest BCUT2D eigenvalue weighted by Gasteiger charge is -2.17. The fourth-order valence-corrected chi connectivity index (χ4v) is 2.73. The van der Waals surface area contributed by atoms with Crippen LogP contribution in [0.4, 0.5) is 5.69 Å². The van der Waals surface area contributed by atoms with Crippen molar-refractivity contribution in [2.75, 3.05) is 11.9 Å². The van der Waals surface area contributed by atoms with Gasteiger partial charge < -0.3 is 9.84 Å². The summed E-state index contributed by atoms with van der Waals surface area (Å²) >= 11 is 23.3. The summed E-state index contributed by atoms with van der Waals surface area (Å²) in [6, 6.07) is 8.78. The summed E-state index contributed by atoms with van der Waals surface area (Å²) in [5.41, 5.74) is 2.61. The van der Waals surface area contributed by atoms with Gasteiger partial charge in [0.1, 0.15) is 5.69 Å². The Morgan fingerprint density at radius 2 is 2.12 bits per heavy atom. The first-order chi connectivity index (χ1) is 11.9. The molecule has 2 heterocycles. The van der Waals surface area contributed by atoms with Crippen LogP contribution < -0.4 is 5.32 Å². The van der Waals surface area contributed by atoms with Crippen molar-refractivity contribution in [3.8, 4) is 11.3 Å². The molecule has 9 heteroatoms. The van der Waals surface area contributed by atoms with Crippen LogP contribution in [-0.2, 0) is 4.79 Å². The number of aromatic nitrogens is 1. The van der Waals surface area contributed by atoms with E-state index in [9.17, 15) is 4.79 Å². The Morgan fingerprint density at radius 3 is 2.88 bits per heavy atom. The molecule has 1 aliphatic heterocycles. The molecule has 0 aliphatic carbocycles. The number of benzene rings is 1. The van der Waals surface area contributed by atoms with Crippen molar-refractivity contribution in [1.29, 1.82) is 0 Å². The van der Waals surface area contributed by atoms with Crippen LogP contribution in [-0.4, -0.2) is 26.9 Å². The molecule has 1 amide bonds. The van der Waals surface area contributed by atoms with E-state index in [0.717, 1.165) is 11.1 Å². The highest BCUT2D eigenvalue weighted by atomic mass is 35.5. The number of carbonyl (C=O) groups is 1. The SMILES string of the molecule is O=C(Nc1cccc(-c2cc(C3=C(Cl)C=CN(Cl)C3)no2)c1)C(Cl)Cl. The van der Waals surface area contributed by atoms with Gasteiger partial charge in [0.2, 0.25) is 0 Å². The third-order valence-electron chi connectivity index (χ3n) is 3.41.